The molecule has 0 spiro atoms. The summed E-state index contributed by atoms with van der Waals surface area (Å²) in [7, 11) is 0. The van der Waals surface area contributed by atoms with Crippen molar-refractivity contribution in [2.45, 2.75) is 26.1 Å². The molecule has 2 nitrogen and oxygen atoms in total. The van der Waals surface area contributed by atoms with Crippen molar-refractivity contribution in [2.24, 2.45) is 0 Å². The van der Waals surface area contributed by atoms with E-state index in [0.717, 1.165) is 13.1 Å². The number of nitrogens with zero attached hydrogens (tertiary/aromatic N) is 2. The number of hydrogen-bond donors (Lipinski definition) is 0. The van der Waals surface area contributed by atoms with Gasteiger partial charge in [-0.1, -0.05) is 17.7 Å². The third-order valence-electron chi connectivity index (χ3n) is 3.89. The Hall–Kier alpha value is -1.32. The summed E-state index contributed by atoms with van der Waals surface area (Å²) >= 11 is 6.10. The molecule has 0 aliphatic carbocycles. The van der Waals surface area contributed by atoms with Gasteiger partial charge < -0.3 is 4.57 Å². The van der Waals surface area contributed by atoms with Gasteiger partial charge in [-0.05, 0) is 31.2 Å². The molecule has 0 radical (unpaired) electrons. The Bertz CT molecular complexity index is 573. The van der Waals surface area contributed by atoms with Crippen molar-refractivity contribution in [3.8, 4) is 0 Å². The molecule has 0 fully saturated rings. The van der Waals surface area contributed by atoms with Crippen LogP contribution in [0.2, 0.25) is 5.02 Å². The summed E-state index contributed by atoms with van der Waals surface area (Å²) < 4.78 is 16.1. The molecule has 0 saturated carbocycles. The van der Waals surface area contributed by atoms with Gasteiger partial charge in [0.15, 0.2) is 0 Å². The lowest BCUT2D eigenvalue weighted by atomic mass is 10.1. The molecule has 0 amide bonds. The Kier molecular flexibility index (Phi) is 3.33. The van der Waals surface area contributed by atoms with Crippen LogP contribution in [-0.2, 0) is 13.1 Å². The Labute approximate surface area is 117 Å². The summed E-state index contributed by atoms with van der Waals surface area (Å²) in [5, 5.41) is 0.508. The molecule has 1 unspecified atom stereocenters. The molecular weight excluding hydrogens is 263 g/mol. The fraction of sp³-hybridized carbons (Fsp3) is 0.333. The van der Waals surface area contributed by atoms with Gasteiger partial charge in [0, 0.05) is 48.2 Å². The number of aromatic nitrogens is 1. The molecular formula is C15H16ClFN2. The van der Waals surface area contributed by atoms with E-state index in [1.807, 2.05) is 0 Å². The van der Waals surface area contributed by atoms with E-state index in [-0.39, 0.29) is 11.9 Å². The first kappa shape index (κ1) is 12.7. The largest absolute Gasteiger partial charge is 0.349 e. The summed E-state index contributed by atoms with van der Waals surface area (Å²) in [6.07, 6.45) is 2.10. The van der Waals surface area contributed by atoms with Gasteiger partial charge in [-0.2, -0.15) is 0 Å². The van der Waals surface area contributed by atoms with Crippen LogP contribution in [0.5, 0.6) is 0 Å². The number of hydrogen-bond acceptors (Lipinski definition) is 1. The lowest BCUT2D eigenvalue weighted by Gasteiger charge is -2.35. The molecule has 1 aliphatic rings. The van der Waals surface area contributed by atoms with E-state index >= 15 is 0 Å². The molecule has 1 aromatic heterocycles. The number of rotatable bonds is 2. The minimum absolute atomic E-state index is 0.222. The highest BCUT2D eigenvalue weighted by Gasteiger charge is 2.24. The van der Waals surface area contributed by atoms with Crippen molar-refractivity contribution in [1.82, 2.24) is 9.47 Å². The maximum atomic E-state index is 13.9. The fourth-order valence-electron chi connectivity index (χ4n) is 2.73. The average molecular weight is 279 g/mol. The quantitative estimate of drug-likeness (QED) is 0.810. The zero-order valence-corrected chi connectivity index (χ0v) is 11.6. The highest BCUT2D eigenvalue weighted by molar-refractivity contribution is 6.31. The second-order valence-corrected chi connectivity index (χ2v) is 5.38. The average Bonchev–Trinajstić information content (AvgIpc) is 2.85. The van der Waals surface area contributed by atoms with Crippen LogP contribution in [0.3, 0.4) is 0 Å². The molecule has 2 aromatic rings. The second-order valence-electron chi connectivity index (χ2n) is 4.97. The summed E-state index contributed by atoms with van der Waals surface area (Å²) in [6, 6.07) is 9.33. The first-order chi connectivity index (χ1) is 9.16. The highest BCUT2D eigenvalue weighted by atomic mass is 35.5. The first-order valence-corrected chi connectivity index (χ1v) is 6.86. The van der Waals surface area contributed by atoms with E-state index in [1.165, 1.54) is 11.8 Å². The van der Waals surface area contributed by atoms with Gasteiger partial charge in [-0.25, -0.2) is 4.39 Å². The number of fused-ring (bicyclic) bond motifs is 1. The van der Waals surface area contributed by atoms with Crippen LogP contribution in [0.25, 0.3) is 0 Å². The molecule has 4 heteroatoms. The predicted octanol–water partition coefficient (Wildman–Crippen LogP) is 3.86. The Balaban J connectivity index is 1.85. The van der Waals surface area contributed by atoms with Crippen LogP contribution in [0, 0.1) is 5.82 Å². The number of halogens is 2. The van der Waals surface area contributed by atoms with Crippen LogP contribution >= 0.6 is 11.6 Å². The van der Waals surface area contributed by atoms with Crippen molar-refractivity contribution < 1.29 is 4.39 Å². The number of benzene rings is 1. The SMILES string of the molecule is CC1c2cccn2CCN1Cc1c(F)cccc1Cl. The zero-order chi connectivity index (χ0) is 13.4. The van der Waals surface area contributed by atoms with E-state index < -0.39 is 0 Å². The summed E-state index contributed by atoms with van der Waals surface area (Å²) in [5.41, 5.74) is 1.87. The molecule has 1 aromatic carbocycles. The molecule has 3 rings (SSSR count). The molecule has 2 heterocycles. The maximum absolute atomic E-state index is 13.9. The molecule has 0 saturated heterocycles. The summed E-state index contributed by atoms with van der Waals surface area (Å²) in [6.45, 7) is 4.56. The van der Waals surface area contributed by atoms with Crippen LogP contribution in [0.15, 0.2) is 36.5 Å². The molecule has 1 aliphatic heterocycles. The van der Waals surface area contributed by atoms with Gasteiger partial charge in [0.1, 0.15) is 5.82 Å². The third kappa shape index (κ3) is 2.28. The molecule has 0 N–H and O–H groups in total. The van der Waals surface area contributed by atoms with Crippen molar-refractivity contribution in [3.63, 3.8) is 0 Å². The molecule has 19 heavy (non-hydrogen) atoms. The molecule has 1 atom stereocenters. The van der Waals surface area contributed by atoms with Gasteiger partial charge in [0.05, 0.1) is 0 Å². The Morgan fingerprint density at radius 2 is 2.11 bits per heavy atom. The normalized spacial score (nSPS) is 19.4. The van der Waals surface area contributed by atoms with E-state index in [2.05, 4.69) is 34.7 Å². The van der Waals surface area contributed by atoms with Gasteiger partial charge in [-0.3, -0.25) is 4.90 Å². The van der Waals surface area contributed by atoms with E-state index in [0.29, 0.717) is 17.1 Å². The van der Waals surface area contributed by atoms with Crippen molar-refractivity contribution in [1.29, 1.82) is 0 Å². The predicted molar refractivity (Wildman–Crippen MR) is 74.7 cm³/mol. The van der Waals surface area contributed by atoms with Crippen molar-refractivity contribution >= 4 is 11.6 Å². The van der Waals surface area contributed by atoms with Gasteiger partial charge >= 0.3 is 0 Å². The van der Waals surface area contributed by atoms with Crippen molar-refractivity contribution in [2.75, 3.05) is 6.54 Å². The fourth-order valence-corrected chi connectivity index (χ4v) is 2.95. The van der Waals surface area contributed by atoms with Crippen LogP contribution in [0.4, 0.5) is 4.39 Å². The van der Waals surface area contributed by atoms with E-state index in [1.54, 1.807) is 12.1 Å². The highest BCUT2D eigenvalue weighted by Crippen LogP contribution is 2.29. The van der Waals surface area contributed by atoms with Gasteiger partial charge in [0.2, 0.25) is 0 Å². The Morgan fingerprint density at radius 1 is 1.26 bits per heavy atom. The zero-order valence-electron chi connectivity index (χ0n) is 10.8. The third-order valence-corrected chi connectivity index (χ3v) is 4.25. The molecule has 100 valence electrons. The smallest absolute Gasteiger partial charge is 0.129 e. The standard InChI is InChI=1S/C15H16ClFN2/c1-11-15-6-3-7-18(15)8-9-19(11)10-12-13(16)4-2-5-14(12)17/h2-7,11H,8-10H2,1H3. The molecule has 0 bridgehead atoms. The van der Waals surface area contributed by atoms with Crippen molar-refractivity contribution in [3.05, 3.63) is 58.6 Å². The first-order valence-electron chi connectivity index (χ1n) is 6.49. The maximum Gasteiger partial charge on any atom is 0.129 e. The lowest BCUT2D eigenvalue weighted by Crippen LogP contribution is -2.36. The summed E-state index contributed by atoms with van der Waals surface area (Å²) in [5.74, 6) is -0.222. The van der Waals surface area contributed by atoms with E-state index in [9.17, 15) is 4.39 Å². The summed E-state index contributed by atoms with van der Waals surface area (Å²) in [4.78, 5) is 2.26. The monoisotopic (exact) mass is 278 g/mol. The van der Waals surface area contributed by atoms with Crippen LogP contribution in [-0.4, -0.2) is 16.0 Å². The lowest BCUT2D eigenvalue weighted by molar-refractivity contribution is 0.159. The Morgan fingerprint density at radius 3 is 2.89 bits per heavy atom. The van der Waals surface area contributed by atoms with Crippen LogP contribution < -0.4 is 0 Å². The van der Waals surface area contributed by atoms with Crippen LogP contribution in [0.1, 0.15) is 24.2 Å². The minimum atomic E-state index is -0.222. The van der Waals surface area contributed by atoms with Gasteiger partial charge in [0.25, 0.3) is 0 Å². The minimum Gasteiger partial charge on any atom is -0.349 e. The van der Waals surface area contributed by atoms with Gasteiger partial charge in [-0.15, -0.1) is 0 Å². The van der Waals surface area contributed by atoms with E-state index in [4.69, 9.17) is 11.6 Å². The second kappa shape index (κ2) is 4.99. The topological polar surface area (TPSA) is 8.17 Å².